The van der Waals surface area contributed by atoms with Crippen molar-refractivity contribution in [1.29, 1.82) is 0 Å². The molecule has 0 fully saturated rings. The standard InChI is InChI=1S/C25H22ClF3N3OP/c1-13(16-7-5-6-8-17(16)27)32-25-22-19(31-14(2)23(25)26)11-18(28)21(24(22)29)15-9-10-20(30-12-15)34(3,4)33/h5-13H,1-4H3,(H,31,32)/t13-/m1/s1. The van der Waals surface area contributed by atoms with Gasteiger partial charge in [-0.05, 0) is 39.3 Å². The minimum absolute atomic E-state index is 0.0177. The molecule has 2 aromatic carbocycles. The first kappa shape index (κ1) is 24.2. The largest absolute Gasteiger partial charge is 0.377 e. The van der Waals surface area contributed by atoms with E-state index in [1.165, 1.54) is 24.4 Å². The van der Waals surface area contributed by atoms with Gasteiger partial charge in [-0.15, -0.1) is 0 Å². The van der Waals surface area contributed by atoms with Gasteiger partial charge < -0.3 is 9.88 Å². The third-order valence-corrected chi connectivity index (χ3v) is 7.42. The molecular formula is C25H22ClF3N3OP. The number of aromatic nitrogens is 2. The molecule has 4 aromatic rings. The molecule has 34 heavy (non-hydrogen) atoms. The second-order valence-corrected chi connectivity index (χ2v) is 12.0. The maximum absolute atomic E-state index is 15.9. The monoisotopic (exact) mass is 503 g/mol. The molecule has 2 heterocycles. The van der Waals surface area contributed by atoms with Gasteiger partial charge in [-0.3, -0.25) is 9.97 Å². The molecule has 0 unspecified atom stereocenters. The van der Waals surface area contributed by atoms with Crippen molar-refractivity contribution in [3.63, 3.8) is 0 Å². The number of hydrogen-bond donors (Lipinski definition) is 1. The van der Waals surface area contributed by atoms with E-state index in [0.29, 0.717) is 16.7 Å². The van der Waals surface area contributed by atoms with Crippen molar-refractivity contribution in [1.82, 2.24) is 9.97 Å². The van der Waals surface area contributed by atoms with Crippen LogP contribution in [0.3, 0.4) is 0 Å². The molecule has 176 valence electrons. The molecular weight excluding hydrogens is 482 g/mol. The van der Waals surface area contributed by atoms with Crippen LogP contribution in [0.2, 0.25) is 5.02 Å². The number of halogens is 4. The Kier molecular flexibility index (Phi) is 6.45. The van der Waals surface area contributed by atoms with Crippen molar-refractivity contribution < 1.29 is 17.7 Å². The first-order valence-electron chi connectivity index (χ1n) is 10.5. The van der Waals surface area contributed by atoms with Crippen molar-refractivity contribution in [2.75, 3.05) is 18.6 Å². The van der Waals surface area contributed by atoms with E-state index in [1.807, 2.05) is 0 Å². The average molecular weight is 504 g/mol. The van der Waals surface area contributed by atoms with Crippen molar-refractivity contribution in [2.45, 2.75) is 19.9 Å². The molecule has 0 spiro atoms. The van der Waals surface area contributed by atoms with Crippen LogP contribution in [0.15, 0.2) is 48.7 Å². The summed E-state index contributed by atoms with van der Waals surface area (Å²) in [6, 6.07) is 9.77. The summed E-state index contributed by atoms with van der Waals surface area (Å²) >= 11 is 6.50. The van der Waals surface area contributed by atoms with E-state index >= 15 is 8.78 Å². The van der Waals surface area contributed by atoms with Crippen LogP contribution >= 0.6 is 18.7 Å². The second-order valence-electron chi connectivity index (χ2n) is 8.47. The maximum atomic E-state index is 15.9. The van der Waals surface area contributed by atoms with Crippen LogP contribution in [0.25, 0.3) is 22.0 Å². The second kappa shape index (κ2) is 9.05. The molecule has 0 bridgehead atoms. The lowest BCUT2D eigenvalue weighted by molar-refractivity contribution is 0.587. The fourth-order valence-electron chi connectivity index (χ4n) is 3.83. The summed E-state index contributed by atoms with van der Waals surface area (Å²) in [5.74, 6) is -2.12. The van der Waals surface area contributed by atoms with Gasteiger partial charge in [0.25, 0.3) is 0 Å². The third-order valence-electron chi connectivity index (χ3n) is 5.59. The maximum Gasteiger partial charge on any atom is 0.145 e. The van der Waals surface area contributed by atoms with Crippen LogP contribution in [0.1, 0.15) is 24.2 Å². The molecule has 0 aliphatic rings. The van der Waals surface area contributed by atoms with Crippen LogP contribution in [0.4, 0.5) is 18.9 Å². The summed E-state index contributed by atoms with van der Waals surface area (Å²) in [5.41, 5.74) is 1.23. The Labute approximate surface area is 200 Å². The van der Waals surface area contributed by atoms with Gasteiger partial charge in [-0.2, -0.15) is 0 Å². The predicted octanol–water partition coefficient (Wildman–Crippen LogP) is 7.10. The summed E-state index contributed by atoms with van der Waals surface area (Å²) in [4.78, 5) is 8.40. The number of nitrogens with zero attached hydrogens (tertiary/aromatic N) is 2. The summed E-state index contributed by atoms with van der Waals surface area (Å²) < 4.78 is 57.6. The van der Waals surface area contributed by atoms with Crippen molar-refractivity contribution in [2.24, 2.45) is 0 Å². The highest BCUT2D eigenvalue weighted by molar-refractivity contribution is 7.69. The lowest BCUT2D eigenvalue weighted by atomic mass is 10.0. The number of anilines is 1. The van der Waals surface area contributed by atoms with Gasteiger partial charge in [0.15, 0.2) is 0 Å². The minimum atomic E-state index is -2.63. The molecule has 9 heteroatoms. The van der Waals surface area contributed by atoms with E-state index in [-0.39, 0.29) is 32.7 Å². The van der Waals surface area contributed by atoms with E-state index in [0.717, 1.165) is 6.07 Å². The number of nitrogens with one attached hydrogen (secondary N) is 1. The fourth-order valence-corrected chi connectivity index (χ4v) is 4.79. The molecule has 0 radical (unpaired) electrons. The quantitative estimate of drug-likeness (QED) is 0.295. The molecule has 4 rings (SSSR count). The van der Waals surface area contributed by atoms with E-state index in [2.05, 4.69) is 15.3 Å². The predicted molar refractivity (Wildman–Crippen MR) is 132 cm³/mol. The Bertz CT molecular complexity index is 1450. The van der Waals surface area contributed by atoms with Crippen LogP contribution < -0.4 is 10.8 Å². The highest BCUT2D eigenvalue weighted by Gasteiger charge is 2.24. The zero-order chi connectivity index (χ0) is 24.8. The molecule has 0 amide bonds. The average Bonchev–Trinajstić information content (AvgIpc) is 2.76. The Morgan fingerprint density at radius 1 is 1.06 bits per heavy atom. The van der Waals surface area contributed by atoms with Gasteiger partial charge in [0, 0.05) is 23.4 Å². The Hall–Kier alpha value is -2.89. The van der Waals surface area contributed by atoms with E-state index in [9.17, 15) is 8.96 Å². The zero-order valence-corrected chi connectivity index (χ0v) is 20.6. The molecule has 1 N–H and O–H groups in total. The van der Waals surface area contributed by atoms with E-state index < -0.39 is 30.6 Å². The number of hydrogen-bond acceptors (Lipinski definition) is 4. The lowest BCUT2D eigenvalue weighted by Crippen LogP contribution is -2.11. The first-order valence-corrected chi connectivity index (χ1v) is 13.5. The molecule has 0 saturated carbocycles. The number of aryl methyl sites for hydroxylation is 1. The molecule has 1 atom stereocenters. The minimum Gasteiger partial charge on any atom is -0.377 e. The van der Waals surface area contributed by atoms with Crippen molar-refractivity contribution in [3.05, 3.63) is 82.4 Å². The highest BCUT2D eigenvalue weighted by Crippen LogP contribution is 2.41. The van der Waals surface area contributed by atoms with Crippen LogP contribution in [-0.2, 0) is 4.57 Å². The number of pyridine rings is 2. The van der Waals surface area contributed by atoms with E-state index in [1.54, 1.807) is 45.4 Å². The van der Waals surface area contributed by atoms with Crippen molar-refractivity contribution in [3.8, 4) is 11.1 Å². The number of fused-ring (bicyclic) bond motifs is 1. The SMILES string of the molecule is Cc1nc2cc(F)c(-c3ccc(P(C)(C)=O)nc3)c(F)c2c(N[C@H](C)c2ccccc2F)c1Cl. The Balaban J connectivity index is 1.91. The topological polar surface area (TPSA) is 54.9 Å². The fraction of sp³-hybridized carbons (Fsp3) is 0.200. The van der Waals surface area contributed by atoms with Crippen molar-refractivity contribution >= 4 is 40.8 Å². The zero-order valence-electron chi connectivity index (χ0n) is 19.0. The van der Waals surface area contributed by atoms with E-state index in [4.69, 9.17) is 11.6 Å². The summed E-state index contributed by atoms with van der Waals surface area (Å²) in [5, 5.41) is 3.23. The van der Waals surface area contributed by atoms with Gasteiger partial charge in [0.05, 0.1) is 44.3 Å². The normalized spacial score (nSPS) is 12.7. The molecule has 0 saturated heterocycles. The Morgan fingerprint density at radius 3 is 2.38 bits per heavy atom. The Morgan fingerprint density at radius 2 is 1.76 bits per heavy atom. The third kappa shape index (κ3) is 4.42. The smallest absolute Gasteiger partial charge is 0.145 e. The van der Waals surface area contributed by atoms with Gasteiger partial charge in [0.2, 0.25) is 0 Å². The van der Waals surface area contributed by atoms with Gasteiger partial charge >= 0.3 is 0 Å². The van der Waals surface area contributed by atoms with Gasteiger partial charge in [-0.25, -0.2) is 13.2 Å². The summed E-state index contributed by atoms with van der Waals surface area (Å²) in [7, 11) is -2.63. The number of benzene rings is 2. The summed E-state index contributed by atoms with van der Waals surface area (Å²) in [6.45, 7) is 6.48. The molecule has 2 aromatic heterocycles. The van der Waals surface area contributed by atoms with Crippen LogP contribution in [0.5, 0.6) is 0 Å². The molecule has 0 aliphatic carbocycles. The number of rotatable bonds is 5. The first-order chi connectivity index (χ1) is 16.0. The summed E-state index contributed by atoms with van der Waals surface area (Å²) in [6.07, 6.45) is 1.29. The highest BCUT2D eigenvalue weighted by atomic mass is 35.5. The lowest BCUT2D eigenvalue weighted by Gasteiger charge is -2.21. The van der Waals surface area contributed by atoms with Crippen LogP contribution in [0, 0.1) is 24.4 Å². The van der Waals surface area contributed by atoms with Crippen LogP contribution in [-0.4, -0.2) is 23.3 Å². The van der Waals surface area contributed by atoms with Gasteiger partial charge in [0.1, 0.15) is 24.6 Å². The molecule has 0 aliphatic heterocycles. The van der Waals surface area contributed by atoms with Gasteiger partial charge in [-0.1, -0.05) is 35.9 Å². The molecule has 4 nitrogen and oxygen atoms in total.